The number of rotatable bonds is 4. The van der Waals surface area contributed by atoms with Crippen LogP contribution < -0.4 is 5.63 Å². The van der Waals surface area contributed by atoms with Crippen molar-refractivity contribution in [2.24, 2.45) is 0 Å². The Kier molecular flexibility index (Phi) is 3.72. The molecule has 136 valence electrons. The van der Waals surface area contributed by atoms with Gasteiger partial charge in [-0.3, -0.25) is 40.5 Å². The molecule has 0 aliphatic rings. The number of hydrogen-bond donors (Lipinski definition) is 0. The zero-order chi connectivity index (χ0) is 20.0. The second-order valence-electron chi connectivity index (χ2n) is 5.12. The van der Waals surface area contributed by atoms with E-state index in [1.807, 2.05) is 0 Å². The third-order valence-corrected chi connectivity index (χ3v) is 3.69. The summed E-state index contributed by atoms with van der Waals surface area (Å²) in [6.45, 7) is 0. The lowest BCUT2D eigenvalue weighted by atomic mass is 10.0. The number of nitrogens with zero attached hydrogens (tertiary/aromatic N) is 4. The molecular weight excluding hydrogens is 372 g/mol. The normalized spacial score (nSPS) is 10.8. The van der Waals surface area contributed by atoms with Gasteiger partial charge in [-0.05, 0) is 6.07 Å². The first-order valence-electron chi connectivity index (χ1n) is 6.78. The lowest BCUT2D eigenvalue weighted by molar-refractivity contribution is -0.440. The van der Waals surface area contributed by atoms with Gasteiger partial charge in [-0.2, -0.15) is 0 Å². The van der Waals surface area contributed by atoms with Gasteiger partial charge in [-0.1, -0.05) is 0 Å². The van der Waals surface area contributed by atoms with E-state index in [1.54, 1.807) is 0 Å². The maximum absolute atomic E-state index is 12.1. The Labute approximate surface area is 144 Å². The fourth-order valence-electron chi connectivity index (χ4n) is 2.62. The highest BCUT2D eigenvalue weighted by molar-refractivity contribution is 6.10. The van der Waals surface area contributed by atoms with Gasteiger partial charge in [0, 0.05) is 29.0 Å². The van der Waals surface area contributed by atoms with Crippen molar-refractivity contribution in [1.29, 1.82) is 0 Å². The largest absolute Gasteiger partial charge is 0.426 e. The molecule has 3 aromatic rings. The van der Waals surface area contributed by atoms with Gasteiger partial charge in [-0.15, -0.1) is 0 Å². The molecule has 1 aromatic heterocycles. The fourth-order valence-corrected chi connectivity index (χ4v) is 2.62. The summed E-state index contributed by atoms with van der Waals surface area (Å²) >= 11 is 0. The van der Waals surface area contributed by atoms with E-state index in [2.05, 4.69) is 0 Å². The summed E-state index contributed by atoms with van der Waals surface area (Å²) in [5.41, 5.74) is -6.55. The summed E-state index contributed by atoms with van der Waals surface area (Å²) in [6.07, 6.45) is 0. The minimum Gasteiger partial charge on any atom is -0.415 e. The Hall–Kier alpha value is -4.49. The zero-order valence-corrected chi connectivity index (χ0v) is 12.7. The van der Waals surface area contributed by atoms with E-state index in [0.29, 0.717) is 6.07 Å². The number of non-ortho nitro benzene ring substituents is 1. The number of nitro benzene ring substituents is 4. The third kappa shape index (κ3) is 2.56. The third-order valence-electron chi connectivity index (χ3n) is 3.69. The van der Waals surface area contributed by atoms with Crippen LogP contribution in [0.5, 0.6) is 0 Å². The SMILES string of the molecule is O=c1oc2c([N+](=O)[O-])c([N+](=O)[O-])c([N+](=O)[O-])cc2c2ccc([N+](=O)[O-])cc12. The lowest BCUT2D eigenvalue weighted by Gasteiger charge is -2.04. The molecule has 0 unspecified atom stereocenters. The second-order valence-corrected chi connectivity index (χ2v) is 5.12. The minimum atomic E-state index is -1.44. The first-order valence-corrected chi connectivity index (χ1v) is 6.78. The predicted molar refractivity (Wildman–Crippen MR) is 86.6 cm³/mol. The van der Waals surface area contributed by atoms with Crippen molar-refractivity contribution in [3.05, 3.63) is 75.1 Å². The van der Waals surface area contributed by atoms with Crippen molar-refractivity contribution in [1.82, 2.24) is 0 Å². The van der Waals surface area contributed by atoms with Crippen LogP contribution in [0.1, 0.15) is 0 Å². The Morgan fingerprint density at radius 3 is 1.85 bits per heavy atom. The molecule has 0 radical (unpaired) electrons. The van der Waals surface area contributed by atoms with Crippen LogP contribution in [0.15, 0.2) is 33.5 Å². The topological polar surface area (TPSA) is 203 Å². The highest BCUT2D eigenvalue weighted by Crippen LogP contribution is 2.43. The van der Waals surface area contributed by atoms with Gasteiger partial charge < -0.3 is 4.42 Å². The van der Waals surface area contributed by atoms with E-state index in [-0.39, 0.29) is 16.2 Å². The van der Waals surface area contributed by atoms with Gasteiger partial charge in [0.1, 0.15) is 0 Å². The van der Waals surface area contributed by atoms with Crippen LogP contribution in [0, 0.1) is 40.5 Å². The molecule has 0 N–H and O–H groups in total. The molecule has 27 heavy (non-hydrogen) atoms. The van der Waals surface area contributed by atoms with Gasteiger partial charge in [-0.25, -0.2) is 4.79 Å². The maximum Gasteiger partial charge on any atom is 0.426 e. The van der Waals surface area contributed by atoms with Crippen molar-refractivity contribution >= 4 is 44.5 Å². The first-order chi connectivity index (χ1) is 12.6. The molecule has 0 fully saturated rings. The van der Waals surface area contributed by atoms with Gasteiger partial charge in [0.25, 0.3) is 5.69 Å². The standard InChI is InChI=1S/C13H4N4O10/c18-13-8-3-5(14(19)20)1-2-6(8)7-4-9(15(21)22)10(16(23)24)11(17(25)26)12(7)27-13/h1-4H. The van der Waals surface area contributed by atoms with E-state index in [1.165, 1.54) is 0 Å². The van der Waals surface area contributed by atoms with Crippen molar-refractivity contribution in [3.63, 3.8) is 0 Å². The molecule has 1 heterocycles. The minimum absolute atomic E-state index is 0.132. The van der Waals surface area contributed by atoms with Crippen LogP contribution in [0.25, 0.3) is 21.7 Å². The number of nitro groups is 4. The highest BCUT2D eigenvalue weighted by atomic mass is 16.7. The van der Waals surface area contributed by atoms with Crippen molar-refractivity contribution < 1.29 is 24.1 Å². The van der Waals surface area contributed by atoms with Gasteiger partial charge in [0.2, 0.25) is 5.58 Å². The molecule has 0 atom stereocenters. The molecule has 0 aliphatic heterocycles. The lowest BCUT2D eigenvalue weighted by Crippen LogP contribution is -2.06. The van der Waals surface area contributed by atoms with E-state index >= 15 is 0 Å². The first kappa shape index (κ1) is 17.3. The number of benzene rings is 2. The molecule has 2 aromatic carbocycles. The number of fused-ring (bicyclic) bond motifs is 3. The Balaban J connectivity index is 2.64. The van der Waals surface area contributed by atoms with E-state index in [0.717, 1.165) is 18.2 Å². The zero-order valence-electron chi connectivity index (χ0n) is 12.7. The molecular formula is C13H4N4O10. The van der Waals surface area contributed by atoms with Crippen LogP contribution in [0.2, 0.25) is 0 Å². The van der Waals surface area contributed by atoms with Crippen LogP contribution in [-0.4, -0.2) is 19.7 Å². The smallest absolute Gasteiger partial charge is 0.415 e. The molecule has 0 bridgehead atoms. The molecule has 0 saturated heterocycles. The second kappa shape index (κ2) is 5.80. The summed E-state index contributed by atoms with van der Waals surface area (Å²) in [7, 11) is 0. The summed E-state index contributed by atoms with van der Waals surface area (Å²) in [5, 5.41) is 43.7. The molecule has 14 heteroatoms. The van der Waals surface area contributed by atoms with Crippen LogP contribution in [0.4, 0.5) is 22.7 Å². The van der Waals surface area contributed by atoms with Crippen molar-refractivity contribution in [3.8, 4) is 0 Å². The monoisotopic (exact) mass is 376 g/mol. The quantitative estimate of drug-likeness (QED) is 0.281. The summed E-state index contributed by atoms with van der Waals surface area (Å²) < 4.78 is 4.78. The molecule has 0 saturated carbocycles. The Morgan fingerprint density at radius 1 is 0.704 bits per heavy atom. The highest BCUT2D eigenvalue weighted by Gasteiger charge is 2.40. The van der Waals surface area contributed by atoms with E-state index < -0.39 is 53.7 Å². The summed E-state index contributed by atoms with van der Waals surface area (Å²) in [6, 6.07) is 3.50. The number of hydrogen-bond acceptors (Lipinski definition) is 10. The van der Waals surface area contributed by atoms with Gasteiger partial charge >= 0.3 is 22.7 Å². The van der Waals surface area contributed by atoms with Crippen LogP contribution in [0.3, 0.4) is 0 Å². The van der Waals surface area contributed by atoms with Crippen LogP contribution >= 0.6 is 0 Å². The van der Waals surface area contributed by atoms with Crippen molar-refractivity contribution in [2.45, 2.75) is 0 Å². The molecule has 0 aliphatic carbocycles. The molecule has 14 nitrogen and oxygen atoms in total. The molecule has 0 amide bonds. The van der Waals surface area contributed by atoms with Crippen LogP contribution in [-0.2, 0) is 0 Å². The average Bonchev–Trinajstić information content (AvgIpc) is 2.59. The molecule has 3 rings (SSSR count). The van der Waals surface area contributed by atoms with E-state index in [9.17, 15) is 45.3 Å². The Morgan fingerprint density at radius 2 is 1.33 bits per heavy atom. The van der Waals surface area contributed by atoms with Gasteiger partial charge in [0.05, 0.1) is 25.1 Å². The average molecular weight is 376 g/mol. The summed E-state index contributed by atoms with van der Waals surface area (Å²) in [5.74, 6) is 0. The maximum atomic E-state index is 12.1. The van der Waals surface area contributed by atoms with E-state index in [4.69, 9.17) is 4.42 Å². The Bertz CT molecular complexity index is 1260. The van der Waals surface area contributed by atoms with Gasteiger partial charge in [0.15, 0.2) is 0 Å². The molecule has 0 spiro atoms. The van der Waals surface area contributed by atoms with Crippen molar-refractivity contribution in [2.75, 3.05) is 0 Å². The fraction of sp³-hybridized carbons (Fsp3) is 0. The predicted octanol–water partition coefficient (Wildman–Crippen LogP) is 2.58. The summed E-state index contributed by atoms with van der Waals surface area (Å²) in [4.78, 5) is 52.1.